The Bertz CT molecular complexity index is 1410. The van der Waals surface area contributed by atoms with Crippen molar-refractivity contribution < 1.29 is 59.3 Å². The van der Waals surface area contributed by atoms with E-state index in [9.17, 15) is 40.0 Å². The van der Waals surface area contributed by atoms with Crippen LogP contribution in [-0.2, 0) is 19.6 Å². The second-order valence-corrected chi connectivity index (χ2v) is 11.7. The first kappa shape index (κ1) is 32.8. The van der Waals surface area contributed by atoms with Gasteiger partial charge in [-0.25, -0.2) is 17.9 Å². The molecule has 12 nitrogen and oxygen atoms in total. The van der Waals surface area contributed by atoms with Crippen LogP contribution < -0.4 is 19.1 Å². The van der Waals surface area contributed by atoms with Crippen molar-refractivity contribution in [3.8, 4) is 11.6 Å². The first-order valence-electron chi connectivity index (χ1n) is 12.4. The standard InChI is InChI=1S/C24H29F5N4O8S/c1-13(9-14(2)35)18-11-33(42(37,38)19-12-32(21(25)26)31-20(19)39-8-7-34)16-10-15(5-6-17(16)40-18)30-22(36)41-23(3,4)24(27,28)29/h5-6,10,12-13,18,21,34H,7-9,11H2,1-4H3,(H,30,36)/t13-,18-/m1/s1. The van der Waals surface area contributed by atoms with E-state index in [2.05, 4.69) is 15.2 Å². The van der Waals surface area contributed by atoms with Gasteiger partial charge >= 0.3 is 18.8 Å². The Labute approximate surface area is 237 Å². The molecule has 1 amide bonds. The molecule has 2 N–H and O–H groups in total. The number of aromatic nitrogens is 2. The number of hydrogen-bond donors (Lipinski definition) is 2. The van der Waals surface area contributed by atoms with Gasteiger partial charge in [0.2, 0.25) is 5.60 Å². The van der Waals surface area contributed by atoms with Crippen molar-refractivity contribution in [3.63, 3.8) is 0 Å². The lowest BCUT2D eigenvalue weighted by Gasteiger charge is -2.37. The largest absolute Gasteiger partial charge is 0.486 e. The van der Waals surface area contributed by atoms with Gasteiger partial charge in [-0.15, -0.1) is 5.10 Å². The van der Waals surface area contributed by atoms with Crippen LogP contribution in [0.3, 0.4) is 0 Å². The van der Waals surface area contributed by atoms with E-state index < -0.39 is 77.0 Å². The number of carbonyl (C=O) groups is 2. The third-order valence-electron chi connectivity index (χ3n) is 6.14. The molecular formula is C24H29F5N4O8S. The van der Waals surface area contributed by atoms with Gasteiger partial charge in [0.15, 0.2) is 4.90 Å². The normalized spacial score (nSPS) is 16.5. The first-order valence-corrected chi connectivity index (χ1v) is 13.8. The minimum atomic E-state index is -4.89. The zero-order valence-corrected chi connectivity index (χ0v) is 23.6. The number of aliphatic hydroxyl groups excluding tert-OH is 1. The Morgan fingerprint density at radius 1 is 1.26 bits per heavy atom. The molecule has 0 aliphatic carbocycles. The van der Waals surface area contributed by atoms with Crippen LogP contribution >= 0.6 is 0 Å². The van der Waals surface area contributed by atoms with Crippen LogP contribution in [0.1, 0.15) is 40.7 Å². The predicted octanol–water partition coefficient (Wildman–Crippen LogP) is 4.11. The molecule has 234 valence electrons. The maximum Gasteiger partial charge on any atom is 0.427 e. The van der Waals surface area contributed by atoms with Gasteiger partial charge in [0.25, 0.3) is 15.9 Å². The summed E-state index contributed by atoms with van der Waals surface area (Å²) in [5.74, 6) is -1.50. The van der Waals surface area contributed by atoms with Crippen LogP contribution in [0.15, 0.2) is 29.3 Å². The summed E-state index contributed by atoms with van der Waals surface area (Å²) in [7, 11) is -4.79. The van der Waals surface area contributed by atoms with E-state index in [0.29, 0.717) is 20.0 Å². The van der Waals surface area contributed by atoms with E-state index in [1.807, 2.05) is 0 Å². The van der Waals surface area contributed by atoms with Crippen LogP contribution in [0.5, 0.6) is 11.6 Å². The van der Waals surface area contributed by atoms with Gasteiger partial charge in [-0.05, 0) is 39.0 Å². The van der Waals surface area contributed by atoms with E-state index in [0.717, 1.165) is 10.4 Å². The molecule has 0 unspecified atom stereocenters. The Hall–Kier alpha value is -3.67. The number of sulfonamides is 1. The van der Waals surface area contributed by atoms with Crippen molar-refractivity contribution in [1.82, 2.24) is 9.78 Å². The number of Topliss-reactive ketones (excluding diaryl/α,β-unsaturated/α-hetero) is 1. The van der Waals surface area contributed by atoms with Gasteiger partial charge in [0.1, 0.15) is 24.2 Å². The summed E-state index contributed by atoms with van der Waals surface area (Å²) in [4.78, 5) is 23.2. The Morgan fingerprint density at radius 3 is 2.50 bits per heavy atom. The second-order valence-electron chi connectivity index (χ2n) is 9.91. The number of hydrogen-bond acceptors (Lipinski definition) is 9. The highest BCUT2D eigenvalue weighted by Crippen LogP contribution is 2.42. The van der Waals surface area contributed by atoms with Gasteiger partial charge in [0.05, 0.1) is 25.0 Å². The molecule has 0 radical (unpaired) electrons. The molecule has 42 heavy (non-hydrogen) atoms. The second kappa shape index (κ2) is 12.3. The molecule has 0 fully saturated rings. The zero-order valence-electron chi connectivity index (χ0n) is 22.8. The lowest BCUT2D eigenvalue weighted by Crippen LogP contribution is -2.46. The van der Waals surface area contributed by atoms with Gasteiger partial charge in [-0.1, -0.05) is 6.92 Å². The topological polar surface area (TPSA) is 149 Å². The average Bonchev–Trinajstić information content (AvgIpc) is 3.31. The quantitative estimate of drug-likeness (QED) is 0.351. The lowest BCUT2D eigenvalue weighted by atomic mass is 9.97. The number of alkyl halides is 5. The highest BCUT2D eigenvalue weighted by Gasteiger charge is 2.51. The number of ether oxygens (including phenoxy) is 3. The number of aliphatic hydroxyl groups is 1. The summed E-state index contributed by atoms with van der Waals surface area (Å²) in [6.45, 7) is -0.470. The molecule has 0 bridgehead atoms. The first-order chi connectivity index (χ1) is 19.4. The molecule has 0 saturated carbocycles. The van der Waals surface area contributed by atoms with E-state index in [1.54, 1.807) is 6.92 Å². The molecule has 1 aromatic heterocycles. The van der Waals surface area contributed by atoms with E-state index >= 15 is 0 Å². The molecule has 1 aliphatic heterocycles. The van der Waals surface area contributed by atoms with Crippen LogP contribution in [-0.4, -0.2) is 72.8 Å². The molecule has 0 spiro atoms. The number of carbonyl (C=O) groups excluding carboxylic acids is 2. The minimum Gasteiger partial charge on any atom is -0.486 e. The van der Waals surface area contributed by atoms with Gasteiger partial charge in [0, 0.05) is 18.0 Å². The molecule has 1 aliphatic rings. The third kappa shape index (κ3) is 7.21. The van der Waals surface area contributed by atoms with Crippen LogP contribution in [0.2, 0.25) is 0 Å². The predicted molar refractivity (Wildman–Crippen MR) is 136 cm³/mol. The Balaban J connectivity index is 2.07. The number of amides is 1. The molecular weight excluding hydrogens is 599 g/mol. The number of halogens is 5. The summed E-state index contributed by atoms with van der Waals surface area (Å²) < 4.78 is 110. The molecule has 3 rings (SSSR count). The van der Waals surface area contributed by atoms with Crippen molar-refractivity contribution in [2.75, 3.05) is 29.4 Å². The van der Waals surface area contributed by atoms with Crippen molar-refractivity contribution in [2.45, 2.75) is 63.4 Å². The van der Waals surface area contributed by atoms with Crippen LogP contribution in [0.25, 0.3) is 0 Å². The highest BCUT2D eigenvalue weighted by molar-refractivity contribution is 7.93. The highest BCUT2D eigenvalue weighted by atomic mass is 32.2. The number of rotatable bonds is 11. The average molecular weight is 629 g/mol. The fourth-order valence-electron chi connectivity index (χ4n) is 3.89. The maximum atomic E-state index is 13.9. The molecule has 2 heterocycles. The molecule has 0 saturated heterocycles. The summed E-state index contributed by atoms with van der Waals surface area (Å²) >= 11 is 0. The van der Waals surface area contributed by atoms with E-state index in [4.69, 9.17) is 14.6 Å². The van der Waals surface area contributed by atoms with Crippen LogP contribution in [0, 0.1) is 5.92 Å². The maximum absolute atomic E-state index is 13.9. The molecule has 18 heteroatoms. The lowest BCUT2D eigenvalue weighted by molar-refractivity contribution is -0.242. The van der Waals surface area contributed by atoms with Gasteiger partial charge in [-0.2, -0.15) is 22.0 Å². The monoisotopic (exact) mass is 628 g/mol. The summed E-state index contributed by atoms with van der Waals surface area (Å²) in [6.07, 6.45) is -6.73. The van der Waals surface area contributed by atoms with Crippen molar-refractivity contribution in [3.05, 3.63) is 24.4 Å². The molecule has 1 aromatic carbocycles. The fourth-order valence-corrected chi connectivity index (χ4v) is 5.43. The zero-order chi connectivity index (χ0) is 31.6. The van der Waals surface area contributed by atoms with Gasteiger partial charge < -0.3 is 24.1 Å². The Morgan fingerprint density at radius 2 is 1.93 bits per heavy atom. The van der Waals surface area contributed by atoms with Crippen molar-refractivity contribution in [2.24, 2.45) is 5.92 Å². The molecule has 2 aromatic rings. The summed E-state index contributed by atoms with van der Waals surface area (Å²) in [5, 5.41) is 14.6. The number of benzene rings is 1. The number of nitrogens with zero attached hydrogens (tertiary/aromatic N) is 3. The Kier molecular flexibility index (Phi) is 9.61. The number of ketones is 1. The SMILES string of the molecule is CC(=O)C[C@@H](C)[C@H]1CN(S(=O)(=O)c2cn(C(F)F)nc2OCCO)c2cc(NC(=O)OC(C)(C)C(F)(F)F)ccc2O1. The number of anilines is 2. The fraction of sp³-hybridized carbons (Fsp3) is 0.542. The number of fused-ring (bicyclic) bond motifs is 1. The molecule has 2 atom stereocenters. The van der Waals surface area contributed by atoms with E-state index in [-0.39, 0.29) is 34.0 Å². The van der Waals surface area contributed by atoms with Gasteiger partial charge in [-0.3, -0.25) is 9.62 Å². The van der Waals surface area contributed by atoms with Crippen molar-refractivity contribution in [1.29, 1.82) is 0 Å². The minimum absolute atomic E-state index is 0.0164. The van der Waals surface area contributed by atoms with E-state index in [1.165, 1.54) is 19.1 Å². The summed E-state index contributed by atoms with van der Waals surface area (Å²) in [6, 6.07) is 3.53. The number of nitrogens with one attached hydrogen (secondary N) is 1. The van der Waals surface area contributed by atoms with Crippen molar-refractivity contribution >= 4 is 33.3 Å². The van der Waals surface area contributed by atoms with Crippen LogP contribution in [0.4, 0.5) is 38.1 Å². The summed E-state index contributed by atoms with van der Waals surface area (Å²) in [5.41, 5.74) is -3.25. The third-order valence-corrected chi connectivity index (χ3v) is 7.90. The smallest absolute Gasteiger partial charge is 0.427 e.